The van der Waals surface area contributed by atoms with Gasteiger partial charge in [-0.15, -0.1) is 0 Å². The topological polar surface area (TPSA) is 87.0 Å². The molecular formula is C12H16O5. The number of benzene rings is 1. The van der Waals surface area contributed by atoms with E-state index in [2.05, 4.69) is 4.74 Å². The van der Waals surface area contributed by atoms with Gasteiger partial charge in [0.2, 0.25) is 0 Å². The molecule has 0 fully saturated rings. The highest BCUT2D eigenvalue weighted by atomic mass is 16.5. The molecule has 5 nitrogen and oxygen atoms in total. The number of aryl methyl sites for hydroxylation is 1. The van der Waals surface area contributed by atoms with Crippen LogP contribution in [-0.2, 0) is 9.53 Å². The Hall–Kier alpha value is -1.59. The van der Waals surface area contributed by atoms with Crippen molar-refractivity contribution in [3.8, 4) is 5.75 Å². The van der Waals surface area contributed by atoms with Crippen LogP contribution in [0.1, 0.15) is 23.7 Å². The van der Waals surface area contributed by atoms with E-state index in [9.17, 15) is 20.1 Å². The van der Waals surface area contributed by atoms with Crippen LogP contribution in [0.5, 0.6) is 5.75 Å². The van der Waals surface area contributed by atoms with E-state index in [0.717, 1.165) is 0 Å². The van der Waals surface area contributed by atoms with Crippen LogP contribution in [0.2, 0.25) is 0 Å². The van der Waals surface area contributed by atoms with Gasteiger partial charge >= 0.3 is 5.97 Å². The molecule has 2 atom stereocenters. The molecule has 0 saturated carbocycles. The van der Waals surface area contributed by atoms with Crippen LogP contribution >= 0.6 is 0 Å². The molecule has 0 saturated heterocycles. The molecule has 3 N–H and O–H groups in total. The first-order valence-electron chi connectivity index (χ1n) is 5.18. The number of carbonyl (C=O) groups excluding carboxylic acids is 1. The largest absolute Gasteiger partial charge is 0.508 e. The Labute approximate surface area is 99.3 Å². The average molecular weight is 240 g/mol. The summed E-state index contributed by atoms with van der Waals surface area (Å²) in [6.07, 6.45) is -2.70. The van der Waals surface area contributed by atoms with Gasteiger partial charge in [-0.05, 0) is 30.2 Å². The molecule has 0 bridgehead atoms. The molecule has 1 aromatic rings. The Morgan fingerprint density at radius 2 is 2.06 bits per heavy atom. The van der Waals surface area contributed by atoms with Gasteiger partial charge in [-0.2, -0.15) is 0 Å². The van der Waals surface area contributed by atoms with Crippen molar-refractivity contribution in [2.24, 2.45) is 0 Å². The smallest absolute Gasteiger partial charge is 0.308 e. The lowest BCUT2D eigenvalue weighted by molar-refractivity contribution is -0.144. The quantitative estimate of drug-likeness (QED) is 0.673. The first kappa shape index (κ1) is 13.5. The van der Waals surface area contributed by atoms with Crippen LogP contribution in [-0.4, -0.2) is 34.5 Å². The lowest BCUT2D eigenvalue weighted by atomic mass is 9.98. The van der Waals surface area contributed by atoms with Gasteiger partial charge in [-0.25, -0.2) is 0 Å². The van der Waals surface area contributed by atoms with Crippen LogP contribution in [0, 0.1) is 6.92 Å². The third-order valence-corrected chi connectivity index (χ3v) is 2.54. The second-order valence-corrected chi connectivity index (χ2v) is 3.83. The minimum Gasteiger partial charge on any atom is -0.508 e. The normalized spacial score (nSPS) is 14.1. The molecule has 17 heavy (non-hydrogen) atoms. The molecular weight excluding hydrogens is 224 g/mol. The van der Waals surface area contributed by atoms with Crippen molar-refractivity contribution in [2.75, 3.05) is 7.11 Å². The summed E-state index contributed by atoms with van der Waals surface area (Å²) in [6, 6.07) is 4.40. The Balaban J connectivity index is 2.81. The van der Waals surface area contributed by atoms with Crippen molar-refractivity contribution in [3.05, 3.63) is 29.3 Å². The van der Waals surface area contributed by atoms with Crippen LogP contribution in [0.3, 0.4) is 0 Å². The lowest BCUT2D eigenvalue weighted by Gasteiger charge is -2.19. The summed E-state index contributed by atoms with van der Waals surface area (Å²) in [5, 5.41) is 28.7. The molecule has 0 aliphatic carbocycles. The summed E-state index contributed by atoms with van der Waals surface area (Å²) in [5.74, 6) is -0.506. The maximum atomic E-state index is 11.0. The molecule has 0 radical (unpaired) electrons. The van der Waals surface area contributed by atoms with E-state index in [1.807, 2.05) is 0 Å². The number of hydrogen-bond acceptors (Lipinski definition) is 5. The summed E-state index contributed by atoms with van der Waals surface area (Å²) in [5.41, 5.74) is 1.11. The zero-order valence-electron chi connectivity index (χ0n) is 9.75. The van der Waals surface area contributed by atoms with Crippen LogP contribution < -0.4 is 0 Å². The van der Waals surface area contributed by atoms with Crippen molar-refractivity contribution in [1.82, 2.24) is 0 Å². The third-order valence-electron chi connectivity index (χ3n) is 2.54. The zero-order valence-corrected chi connectivity index (χ0v) is 9.75. The standard InChI is InChI=1S/C12H16O5/c1-7-5-8(13)3-4-9(7)12(16)10(14)6-11(15)17-2/h3-5,10,12-14,16H,6H2,1-2H3. The number of carbonyl (C=O) groups is 1. The summed E-state index contributed by atoms with van der Waals surface area (Å²) in [7, 11) is 1.22. The van der Waals surface area contributed by atoms with Crippen LogP contribution in [0.4, 0.5) is 0 Å². The van der Waals surface area contributed by atoms with E-state index >= 15 is 0 Å². The highest BCUT2D eigenvalue weighted by Gasteiger charge is 2.23. The number of ether oxygens (including phenoxy) is 1. The first-order valence-corrected chi connectivity index (χ1v) is 5.18. The number of hydrogen-bond donors (Lipinski definition) is 3. The Morgan fingerprint density at radius 3 is 2.59 bits per heavy atom. The van der Waals surface area contributed by atoms with Crippen molar-refractivity contribution in [1.29, 1.82) is 0 Å². The van der Waals surface area contributed by atoms with Crippen molar-refractivity contribution < 1.29 is 24.9 Å². The maximum absolute atomic E-state index is 11.0. The second kappa shape index (κ2) is 5.65. The molecule has 1 aromatic carbocycles. The number of aromatic hydroxyl groups is 1. The number of rotatable bonds is 4. The fraction of sp³-hybridized carbons (Fsp3) is 0.417. The Morgan fingerprint density at radius 1 is 1.41 bits per heavy atom. The van der Waals surface area contributed by atoms with E-state index in [-0.39, 0.29) is 12.2 Å². The third kappa shape index (κ3) is 3.44. The number of phenolic OH excluding ortho intramolecular Hbond substituents is 1. The summed E-state index contributed by atoms with van der Waals surface area (Å²) in [6.45, 7) is 1.70. The van der Waals surface area contributed by atoms with Crippen molar-refractivity contribution in [3.63, 3.8) is 0 Å². The summed E-state index contributed by atoms with van der Waals surface area (Å²) in [4.78, 5) is 11.0. The summed E-state index contributed by atoms with van der Waals surface area (Å²) >= 11 is 0. The number of esters is 1. The lowest BCUT2D eigenvalue weighted by Crippen LogP contribution is -2.23. The second-order valence-electron chi connectivity index (χ2n) is 3.83. The summed E-state index contributed by atoms with van der Waals surface area (Å²) < 4.78 is 4.41. The molecule has 0 heterocycles. The molecule has 0 spiro atoms. The maximum Gasteiger partial charge on any atom is 0.308 e. The molecule has 0 aliphatic rings. The van der Waals surface area contributed by atoms with Gasteiger partial charge in [0, 0.05) is 0 Å². The van der Waals surface area contributed by atoms with Crippen LogP contribution in [0.25, 0.3) is 0 Å². The van der Waals surface area contributed by atoms with E-state index in [1.165, 1.54) is 25.3 Å². The minimum atomic E-state index is -1.23. The highest BCUT2D eigenvalue weighted by Crippen LogP contribution is 2.25. The van der Waals surface area contributed by atoms with E-state index in [1.54, 1.807) is 6.92 Å². The molecule has 0 aromatic heterocycles. The first-order chi connectivity index (χ1) is 7.95. The molecule has 1 rings (SSSR count). The van der Waals surface area contributed by atoms with Gasteiger partial charge in [0.1, 0.15) is 11.9 Å². The monoisotopic (exact) mass is 240 g/mol. The number of aliphatic hydroxyl groups excluding tert-OH is 2. The highest BCUT2D eigenvalue weighted by molar-refractivity contribution is 5.69. The zero-order chi connectivity index (χ0) is 13.0. The Bertz CT molecular complexity index is 402. The number of phenols is 1. The predicted molar refractivity (Wildman–Crippen MR) is 60.4 cm³/mol. The van der Waals surface area contributed by atoms with Crippen molar-refractivity contribution in [2.45, 2.75) is 25.6 Å². The SMILES string of the molecule is COC(=O)CC(O)C(O)c1ccc(O)cc1C. The van der Waals surface area contributed by atoms with Gasteiger partial charge in [0.05, 0.1) is 19.6 Å². The fourth-order valence-corrected chi connectivity index (χ4v) is 1.56. The van der Waals surface area contributed by atoms with Crippen molar-refractivity contribution >= 4 is 5.97 Å². The molecule has 94 valence electrons. The van der Waals surface area contributed by atoms with E-state index < -0.39 is 18.2 Å². The van der Waals surface area contributed by atoms with Crippen LogP contribution in [0.15, 0.2) is 18.2 Å². The van der Waals surface area contributed by atoms with Gasteiger partial charge in [0.25, 0.3) is 0 Å². The molecule has 5 heteroatoms. The predicted octanol–water partition coefficient (Wildman–Crippen LogP) is 0.658. The Kier molecular flexibility index (Phi) is 4.48. The minimum absolute atomic E-state index is 0.0842. The van der Waals surface area contributed by atoms with E-state index in [0.29, 0.717) is 11.1 Å². The van der Waals surface area contributed by atoms with E-state index in [4.69, 9.17) is 0 Å². The van der Waals surface area contributed by atoms with Gasteiger partial charge in [-0.3, -0.25) is 4.79 Å². The molecule has 0 amide bonds. The molecule has 2 unspecified atom stereocenters. The van der Waals surface area contributed by atoms with Gasteiger partial charge < -0.3 is 20.1 Å². The van der Waals surface area contributed by atoms with Gasteiger partial charge in [-0.1, -0.05) is 6.07 Å². The molecule has 0 aliphatic heterocycles. The number of methoxy groups -OCH3 is 1. The average Bonchev–Trinajstić information content (AvgIpc) is 2.28. The number of aliphatic hydroxyl groups is 2. The fourth-order valence-electron chi connectivity index (χ4n) is 1.56. The van der Waals surface area contributed by atoms with Gasteiger partial charge in [0.15, 0.2) is 0 Å².